The molecule has 0 atom stereocenters. The average Bonchev–Trinajstić information content (AvgIpc) is 2.79. The van der Waals surface area contributed by atoms with E-state index in [4.69, 9.17) is 9.47 Å². The van der Waals surface area contributed by atoms with E-state index in [1.54, 1.807) is 60.7 Å². The van der Waals surface area contributed by atoms with Crippen molar-refractivity contribution >= 4 is 27.3 Å². The third kappa shape index (κ3) is 6.26. The fourth-order valence-corrected chi connectivity index (χ4v) is 4.54. The molecular formula is C25H28N2O5S. The van der Waals surface area contributed by atoms with Crippen LogP contribution in [0, 0.1) is 6.92 Å². The molecule has 0 saturated carbocycles. The number of benzene rings is 3. The summed E-state index contributed by atoms with van der Waals surface area (Å²) in [7, 11) is -2.46. The molecule has 0 fully saturated rings. The van der Waals surface area contributed by atoms with Gasteiger partial charge in [0.15, 0.2) is 0 Å². The number of methoxy groups -OCH3 is 1. The number of anilines is 2. The summed E-state index contributed by atoms with van der Waals surface area (Å²) in [6.45, 7) is 5.34. The molecule has 0 aromatic heterocycles. The summed E-state index contributed by atoms with van der Waals surface area (Å²) in [6, 6.07) is 19.9. The van der Waals surface area contributed by atoms with Crippen LogP contribution in [0.1, 0.15) is 19.4 Å². The van der Waals surface area contributed by atoms with Crippen molar-refractivity contribution in [2.24, 2.45) is 0 Å². The first-order valence-corrected chi connectivity index (χ1v) is 11.9. The molecule has 3 aromatic rings. The Bertz CT molecular complexity index is 1170. The molecule has 0 aliphatic carbocycles. The van der Waals surface area contributed by atoms with Crippen molar-refractivity contribution in [3.63, 3.8) is 0 Å². The molecule has 0 heterocycles. The number of sulfonamides is 1. The van der Waals surface area contributed by atoms with E-state index in [0.29, 0.717) is 22.9 Å². The van der Waals surface area contributed by atoms with Gasteiger partial charge in [-0.1, -0.05) is 17.7 Å². The number of carbonyl (C=O) groups is 1. The van der Waals surface area contributed by atoms with Crippen LogP contribution in [-0.2, 0) is 14.8 Å². The predicted molar refractivity (Wildman–Crippen MR) is 130 cm³/mol. The Morgan fingerprint density at radius 1 is 0.909 bits per heavy atom. The van der Waals surface area contributed by atoms with Gasteiger partial charge in [0.1, 0.15) is 18.0 Å². The quantitative estimate of drug-likeness (QED) is 0.495. The lowest BCUT2D eigenvalue weighted by Gasteiger charge is -2.24. The summed E-state index contributed by atoms with van der Waals surface area (Å²) in [5.41, 5.74) is 1.83. The molecule has 174 valence electrons. The molecule has 1 amide bonds. The van der Waals surface area contributed by atoms with Gasteiger partial charge in [-0.05, 0) is 81.4 Å². The van der Waals surface area contributed by atoms with E-state index in [-0.39, 0.29) is 11.0 Å². The number of aryl methyl sites for hydroxylation is 1. The second kappa shape index (κ2) is 10.4. The van der Waals surface area contributed by atoms with Gasteiger partial charge in [-0.2, -0.15) is 0 Å². The molecule has 7 nitrogen and oxygen atoms in total. The van der Waals surface area contributed by atoms with Gasteiger partial charge in [-0.15, -0.1) is 0 Å². The molecule has 3 aromatic carbocycles. The molecule has 0 unspecified atom stereocenters. The number of rotatable bonds is 9. The van der Waals surface area contributed by atoms with Crippen LogP contribution in [0.4, 0.5) is 11.4 Å². The number of carbonyl (C=O) groups excluding carboxylic acids is 1. The summed E-state index contributed by atoms with van der Waals surface area (Å²) in [5.74, 6) is 0.795. The molecule has 8 heteroatoms. The Morgan fingerprint density at radius 2 is 1.48 bits per heavy atom. The van der Waals surface area contributed by atoms with E-state index < -0.39 is 22.5 Å². The highest BCUT2D eigenvalue weighted by molar-refractivity contribution is 7.92. The van der Waals surface area contributed by atoms with Crippen LogP contribution in [-0.4, -0.2) is 34.1 Å². The number of ether oxygens (including phenoxy) is 2. The summed E-state index contributed by atoms with van der Waals surface area (Å²) < 4.78 is 38.7. The van der Waals surface area contributed by atoms with E-state index in [0.717, 1.165) is 9.87 Å². The van der Waals surface area contributed by atoms with Gasteiger partial charge in [0, 0.05) is 5.69 Å². The number of hydrogen-bond donors (Lipinski definition) is 1. The van der Waals surface area contributed by atoms with Gasteiger partial charge >= 0.3 is 0 Å². The highest BCUT2D eigenvalue weighted by Crippen LogP contribution is 2.26. The molecule has 0 spiro atoms. The highest BCUT2D eigenvalue weighted by Gasteiger charge is 2.27. The van der Waals surface area contributed by atoms with Crippen molar-refractivity contribution in [1.29, 1.82) is 0 Å². The Kier molecular flexibility index (Phi) is 7.60. The van der Waals surface area contributed by atoms with Crippen LogP contribution < -0.4 is 19.1 Å². The number of nitrogens with one attached hydrogen (secondary N) is 1. The van der Waals surface area contributed by atoms with Gasteiger partial charge in [0.2, 0.25) is 5.91 Å². The zero-order chi connectivity index (χ0) is 24.0. The maximum Gasteiger partial charge on any atom is 0.264 e. The van der Waals surface area contributed by atoms with E-state index in [9.17, 15) is 13.2 Å². The lowest BCUT2D eigenvalue weighted by molar-refractivity contribution is -0.114. The van der Waals surface area contributed by atoms with Crippen molar-refractivity contribution in [3.8, 4) is 11.5 Å². The normalized spacial score (nSPS) is 11.2. The maximum absolute atomic E-state index is 13.4. The van der Waals surface area contributed by atoms with E-state index in [1.807, 2.05) is 20.8 Å². The van der Waals surface area contributed by atoms with E-state index >= 15 is 0 Å². The van der Waals surface area contributed by atoms with Crippen LogP contribution in [0.3, 0.4) is 0 Å². The molecule has 1 N–H and O–H groups in total. The van der Waals surface area contributed by atoms with Crippen LogP contribution in [0.2, 0.25) is 0 Å². The average molecular weight is 469 g/mol. The number of nitrogens with zero attached hydrogens (tertiary/aromatic N) is 1. The lowest BCUT2D eigenvalue weighted by Crippen LogP contribution is -2.38. The van der Waals surface area contributed by atoms with Gasteiger partial charge in [-0.25, -0.2) is 8.42 Å². The Balaban J connectivity index is 1.85. The molecular weight excluding hydrogens is 440 g/mol. The summed E-state index contributed by atoms with van der Waals surface area (Å²) in [5, 5.41) is 2.75. The first-order chi connectivity index (χ1) is 15.7. The lowest BCUT2D eigenvalue weighted by atomic mass is 10.2. The molecule has 0 radical (unpaired) electrons. The molecule has 33 heavy (non-hydrogen) atoms. The second-order valence-electron chi connectivity index (χ2n) is 7.76. The molecule has 0 bridgehead atoms. The Morgan fingerprint density at radius 3 is 2.03 bits per heavy atom. The number of amides is 1. The highest BCUT2D eigenvalue weighted by atomic mass is 32.2. The predicted octanol–water partition coefficient (Wildman–Crippen LogP) is 4.62. The fourth-order valence-electron chi connectivity index (χ4n) is 3.12. The van der Waals surface area contributed by atoms with E-state index in [2.05, 4.69) is 5.32 Å². The largest absolute Gasteiger partial charge is 0.497 e. The Hall–Kier alpha value is -3.52. The minimum Gasteiger partial charge on any atom is -0.497 e. The van der Waals surface area contributed by atoms with Gasteiger partial charge < -0.3 is 14.8 Å². The second-order valence-corrected chi connectivity index (χ2v) is 9.62. The van der Waals surface area contributed by atoms with Crippen molar-refractivity contribution in [2.75, 3.05) is 23.3 Å². The van der Waals surface area contributed by atoms with Gasteiger partial charge in [0.25, 0.3) is 10.0 Å². The van der Waals surface area contributed by atoms with Crippen molar-refractivity contribution < 1.29 is 22.7 Å². The van der Waals surface area contributed by atoms with Crippen molar-refractivity contribution in [2.45, 2.75) is 31.8 Å². The summed E-state index contributed by atoms with van der Waals surface area (Å²) in [6.07, 6.45) is 0.0375. The topological polar surface area (TPSA) is 84.9 Å². The van der Waals surface area contributed by atoms with Crippen LogP contribution in [0.25, 0.3) is 0 Å². The van der Waals surface area contributed by atoms with Crippen molar-refractivity contribution in [3.05, 3.63) is 78.4 Å². The van der Waals surface area contributed by atoms with Gasteiger partial charge in [-0.3, -0.25) is 9.10 Å². The van der Waals surface area contributed by atoms with Gasteiger partial charge in [0.05, 0.1) is 23.8 Å². The third-order valence-electron chi connectivity index (χ3n) is 4.77. The van der Waals surface area contributed by atoms with Crippen LogP contribution in [0.5, 0.6) is 11.5 Å². The fraction of sp³-hybridized carbons (Fsp3) is 0.240. The standard InChI is InChI=1S/C25H28N2O5S/c1-18(2)32-23-11-7-20(8-12-23)26-25(28)17-27(21-9-13-22(31-4)14-10-21)33(29,30)24-15-5-19(3)6-16-24/h5-16,18H,17H2,1-4H3,(H,26,28). The third-order valence-corrected chi connectivity index (χ3v) is 6.55. The SMILES string of the molecule is COc1ccc(N(CC(=O)Nc2ccc(OC(C)C)cc2)S(=O)(=O)c2ccc(C)cc2)cc1. The zero-order valence-corrected chi connectivity index (χ0v) is 19.9. The van der Waals surface area contributed by atoms with Crippen LogP contribution in [0.15, 0.2) is 77.7 Å². The number of hydrogen-bond acceptors (Lipinski definition) is 5. The first kappa shape index (κ1) is 24.1. The minimum absolute atomic E-state index is 0.0375. The smallest absolute Gasteiger partial charge is 0.264 e. The minimum atomic E-state index is -3.99. The van der Waals surface area contributed by atoms with Crippen molar-refractivity contribution in [1.82, 2.24) is 0 Å². The summed E-state index contributed by atoms with van der Waals surface area (Å²) >= 11 is 0. The molecule has 0 saturated heterocycles. The maximum atomic E-state index is 13.4. The monoisotopic (exact) mass is 468 g/mol. The zero-order valence-electron chi connectivity index (χ0n) is 19.1. The van der Waals surface area contributed by atoms with E-state index in [1.165, 1.54) is 19.2 Å². The molecule has 0 aliphatic heterocycles. The molecule has 3 rings (SSSR count). The van der Waals surface area contributed by atoms with Crippen LogP contribution >= 0.6 is 0 Å². The summed E-state index contributed by atoms with van der Waals surface area (Å²) in [4.78, 5) is 12.9. The first-order valence-electron chi connectivity index (χ1n) is 10.5. The molecule has 0 aliphatic rings. The Labute approximate surface area is 195 Å².